The molecular weight excluding hydrogens is 350 g/mol. The Morgan fingerprint density at radius 3 is 2.18 bits per heavy atom. The van der Waals surface area contributed by atoms with Crippen LogP contribution in [0.25, 0.3) is 0 Å². The molecule has 150 valence electrons. The van der Waals surface area contributed by atoms with Crippen LogP contribution >= 0.6 is 0 Å². The fourth-order valence-corrected chi connectivity index (χ4v) is 3.51. The molecule has 0 unspecified atom stereocenters. The Morgan fingerprint density at radius 1 is 1.00 bits per heavy atom. The number of piperazine rings is 1. The molecule has 0 spiro atoms. The molecular formula is C22H31N5O. The van der Waals surface area contributed by atoms with E-state index >= 15 is 0 Å². The zero-order chi connectivity index (χ0) is 20.3. The lowest BCUT2D eigenvalue weighted by molar-refractivity contribution is 0.102. The number of aromatic nitrogens is 2. The molecule has 1 aromatic carbocycles. The zero-order valence-electron chi connectivity index (χ0n) is 17.6. The molecule has 1 saturated heterocycles. The number of carbonyl (C=O) groups is 1. The summed E-state index contributed by atoms with van der Waals surface area (Å²) in [5.74, 6) is 1.08. The number of nitrogens with one attached hydrogen (secondary N) is 1. The topological polar surface area (TPSA) is 61.4 Å². The molecule has 0 aliphatic carbocycles. The van der Waals surface area contributed by atoms with Crippen molar-refractivity contribution in [1.29, 1.82) is 0 Å². The van der Waals surface area contributed by atoms with E-state index in [4.69, 9.17) is 0 Å². The molecule has 1 aliphatic rings. The van der Waals surface area contributed by atoms with Gasteiger partial charge in [-0.25, -0.2) is 9.97 Å². The van der Waals surface area contributed by atoms with Gasteiger partial charge in [-0.15, -0.1) is 0 Å². The van der Waals surface area contributed by atoms with Crippen molar-refractivity contribution in [3.63, 3.8) is 0 Å². The summed E-state index contributed by atoms with van der Waals surface area (Å²) in [6.45, 7) is 12.3. The second kappa shape index (κ2) is 8.69. The average Bonchev–Trinajstić information content (AvgIpc) is 2.68. The van der Waals surface area contributed by atoms with E-state index in [0.29, 0.717) is 23.5 Å². The monoisotopic (exact) mass is 381 g/mol. The van der Waals surface area contributed by atoms with Crippen LogP contribution in [0.2, 0.25) is 0 Å². The van der Waals surface area contributed by atoms with Crippen LogP contribution in [-0.4, -0.2) is 54.0 Å². The normalized spacial score (nSPS) is 15.3. The number of likely N-dealkylation sites (N-methyl/N-ethyl adjacent to an activating group) is 1. The van der Waals surface area contributed by atoms with E-state index in [1.165, 1.54) is 0 Å². The third-order valence-electron chi connectivity index (χ3n) is 5.27. The highest BCUT2D eigenvalue weighted by Gasteiger charge is 2.20. The largest absolute Gasteiger partial charge is 0.338 e. The summed E-state index contributed by atoms with van der Waals surface area (Å²) < 4.78 is 0. The lowest BCUT2D eigenvalue weighted by Gasteiger charge is -2.32. The van der Waals surface area contributed by atoms with Gasteiger partial charge in [0, 0.05) is 38.1 Å². The van der Waals surface area contributed by atoms with Crippen molar-refractivity contribution in [2.24, 2.45) is 0 Å². The van der Waals surface area contributed by atoms with E-state index in [1.54, 1.807) is 12.3 Å². The van der Waals surface area contributed by atoms with E-state index < -0.39 is 0 Å². The SMILES string of the molecule is CC(C)c1cccc(C(C)C)c1NC(=O)c1ccnc(N2CCN(C)CC2)n1. The molecule has 0 radical (unpaired) electrons. The Hall–Kier alpha value is -2.47. The predicted molar refractivity (Wildman–Crippen MR) is 114 cm³/mol. The fraction of sp³-hybridized carbons (Fsp3) is 0.500. The maximum Gasteiger partial charge on any atom is 0.274 e. The number of hydrogen-bond acceptors (Lipinski definition) is 5. The molecule has 0 bridgehead atoms. The van der Waals surface area contributed by atoms with E-state index in [1.807, 2.05) is 0 Å². The summed E-state index contributed by atoms with van der Waals surface area (Å²) in [7, 11) is 2.11. The van der Waals surface area contributed by atoms with Crippen LogP contribution in [0.3, 0.4) is 0 Å². The Balaban J connectivity index is 1.85. The highest BCUT2D eigenvalue weighted by atomic mass is 16.1. The predicted octanol–water partition coefficient (Wildman–Crippen LogP) is 3.73. The van der Waals surface area contributed by atoms with Crippen LogP contribution in [0.15, 0.2) is 30.5 Å². The molecule has 6 nitrogen and oxygen atoms in total. The van der Waals surface area contributed by atoms with Crippen molar-refractivity contribution in [2.75, 3.05) is 43.4 Å². The van der Waals surface area contributed by atoms with E-state index in [-0.39, 0.29) is 5.91 Å². The summed E-state index contributed by atoms with van der Waals surface area (Å²) in [5, 5.41) is 3.14. The van der Waals surface area contributed by atoms with Crippen LogP contribution in [0, 0.1) is 0 Å². The van der Waals surface area contributed by atoms with Crippen molar-refractivity contribution < 1.29 is 4.79 Å². The summed E-state index contributed by atoms with van der Waals surface area (Å²) in [6.07, 6.45) is 1.67. The summed E-state index contributed by atoms with van der Waals surface area (Å²) >= 11 is 0. The molecule has 2 aromatic rings. The van der Waals surface area contributed by atoms with Crippen LogP contribution in [-0.2, 0) is 0 Å². The van der Waals surface area contributed by atoms with E-state index in [2.05, 4.69) is 78.0 Å². The molecule has 3 rings (SSSR count). The van der Waals surface area contributed by atoms with Gasteiger partial charge >= 0.3 is 0 Å². The first-order valence-electron chi connectivity index (χ1n) is 10.1. The maximum atomic E-state index is 13.0. The van der Waals surface area contributed by atoms with Gasteiger partial charge < -0.3 is 15.1 Å². The summed E-state index contributed by atoms with van der Waals surface area (Å²) in [4.78, 5) is 26.4. The van der Waals surface area contributed by atoms with Gasteiger partial charge in [-0.05, 0) is 36.1 Å². The Labute approximate surface area is 168 Å². The van der Waals surface area contributed by atoms with Crippen LogP contribution in [0.5, 0.6) is 0 Å². The summed E-state index contributed by atoms with van der Waals surface area (Å²) in [6, 6.07) is 7.92. The Bertz CT molecular complexity index is 799. The van der Waals surface area contributed by atoms with Gasteiger partial charge in [-0.3, -0.25) is 4.79 Å². The van der Waals surface area contributed by atoms with Gasteiger partial charge in [0.2, 0.25) is 5.95 Å². The third kappa shape index (κ3) is 4.50. The van der Waals surface area contributed by atoms with Gasteiger partial charge in [-0.2, -0.15) is 0 Å². The van der Waals surface area contributed by atoms with Crippen molar-refractivity contribution in [3.8, 4) is 0 Å². The number of hydrogen-bond donors (Lipinski definition) is 1. The highest BCUT2D eigenvalue weighted by Crippen LogP contribution is 2.32. The van der Waals surface area contributed by atoms with Gasteiger partial charge in [0.05, 0.1) is 0 Å². The van der Waals surface area contributed by atoms with E-state index in [0.717, 1.165) is 43.0 Å². The molecule has 1 fully saturated rings. The van der Waals surface area contributed by atoms with Gasteiger partial charge in [0.1, 0.15) is 5.69 Å². The first kappa shape index (κ1) is 20.3. The zero-order valence-corrected chi connectivity index (χ0v) is 17.6. The Morgan fingerprint density at radius 2 is 1.61 bits per heavy atom. The van der Waals surface area contributed by atoms with Crippen molar-refractivity contribution in [1.82, 2.24) is 14.9 Å². The number of nitrogens with zero attached hydrogens (tertiary/aromatic N) is 4. The van der Waals surface area contributed by atoms with Crippen LogP contribution < -0.4 is 10.2 Å². The number of rotatable bonds is 5. The van der Waals surface area contributed by atoms with Crippen LogP contribution in [0.1, 0.15) is 61.1 Å². The van der Waals surface area contributed by atoms with Crippen molar-refractivity contribution >= 4 is 17.5 Å². The van der Waals surface area contributed by atoms with Gasteiger partial charge in [0.25, 0.3) is 5.91 Å². The number of para-hydroxylation sites is 1. The molecule has 0 saturated carbocycles. The molecule has 1 N–H and O–H groups in total. The highest BCUT2D eigenvalue weighted by molar-refractivity contribution is 6.04. The van der Waals surface area contributed by atoms with Gasteiger partial charge in [0.15, 0.2) is 0 Å². The molecule has 1 aromatic heterocycles. The number of benzene rings is 1. The smallest absolute Gasteiger partial charge is 0.274 e. The molecule has 6 heteroatoms. The molecule has 1 amide bonds. The maximum absolute atomic E-state index is 13.0. The van der Waals surface area contributed by atoms with Gasteiger partial charge in [-0.1, -0.05) is 45.9 Å². The molecule has 28 heavy (non-hydrogen) atoms. The number of anilines is 2. The minimum Gasteiger partial charge on any atom is -0.338 e. The molecule has 0 atom stereocenters. The quantitative estimate of drug-likeness (QED) is 0.855. The van der Waals surface area contributed by atoms with Crippen molar-refractivity contribution in [3.05, 3.63) is 47.3 Å². The average molecular weight is 382 g/mol. The lowest BCUT2D eigenvalue weighted by Crippen LogP contribution is -2.45. The van der Waals surface area contributed by atoms with Crippen LogP contribution in [0.4, 0.5) is 11.6 Å². The summed E-state index contributed by atoms with van der Waals surface area (Å²) in [5.41, 5.74) is 3.61. The molecule has 2 heterocycles. The second-order valence-corrected chi connectivity index (χ2v) is 8.11. The number of carbonyl (C=O) groups excluding carboxylic acids is 1. The second-order valence-electron chi connectivity index (χ2n) is 8.11. The fourth-order valence-electron chi connectivity index (χ4n) is 3.51. The first-order valence-corrected chi connectivity index (χ1v) is 10.1. The lowest BCUT2D eigenvalue weighted by atomic mass is 9.92. The van der Waals surface area contributed by atoms with E-state index in [9.17, 15) is 4.79 Å². The number of amides is 1. The minimum absolute atomic E-state index is 0.187. The standard InChI is InChI=1S/C22H31N5O/c1-15(2)17-7-6-8-18(16(3)4)20(17)25-21(28)19-9-10-23-22(24-19)27-13-11-26(5)12-14-27/h6-10,15-16H,11-14H2,1-5H3,(H,25,28). The Kier molecular flexibility index (Phi) is 6.29. The molecule has 1 aliphatic heterocycles. The first-order chi connectivity index (χ1) is 13.4. The van der Waals surface area contributed by atoms with Crippen molar-refractivity contribution in [2.45, 2.75) is 39.5 Å². The third-order valence-corrected chi connectivity index (χ3v) is 5.27. The minimum atomic E-state index is -0.187.